The highest BCUT2D eigenvalue weighted by atomic mass is 16.4. The summed E-state index contributed by atoms with van der Waals surface area (Å²) in [5, 5.41) is 10.8. The Kier molecular flexibility index (Phi) is 4.29. The van der Waals surface area contributed by atoms with Crippen molar-refractivity contribution in [1.29, 1.82) is 0 Å². The normalized spacial score (nSPS) is 11.2. The number of fused-ring (bicyclic) bond motifs is 1. The number of carboxylic acid groups (broad SMARTS) is 1. The first-order valence-electron chi connectivity index (χ1n) is 6.49. The van der Waals surface area contributed by atoms with Gasteiger partial charge in [-0.25, -0.2) is 4.79 Å². The van der Waals surface area contributed by atoms with Gasteiger partial charge in [-0.3, -0.25) is 4.98 Å². The number of nitrogens with zero attached hydrogens (tertiary/aromatic N) is 1. The summed E-state index contributed by atoms with van der Waals surface area (Å²) in [5.74, 6) is -0.957. The van der Waals surface area contributed by atoms with E-state index in [1.165, 1.54) is 5.56 Å². The maximum Gasteiger partial charge on any atom is 0.328 e. The van der Waals surface area contributed by atoms with E-state index in [1.807, 2.05) is 6.07 Å². The lowest BCUT2D eigenvalue weighted by Gasteiger charge is -2.05. The molecule has 2 rings (SSSR count). The van der Waals surface area contributed by atoms with Crippen LogP contribution in [0.15, 0.2) is 36.5 Å². The second kappa shape index (κ2) is 6.14. The van der Waals surface area contributed by atoms with E-state index in [0.717, 1.165) is 36.1 Å². The zero-order valence-corrected chi connectivity index (χ0v) is 11.0. The molecule has 3 nitrogen and oxygen atoms in total. The van der Waals surface area contributed by atoms with Crippen LogP contribution in [0, 0.1) is 0 Å². The van der Waals surface area contributed by atoms with Gasteiger partial charge in [0.1, 0.15) is 0 Å². The Labute approximate surface area is 112 Å². The highest BCUT2D eigenvalue weighted by Crippen LogP contribution is 2.20. The molecular weight excluding hydrogens is 238 g/mol. The van der Waals surface area contributed by atoms with Crippen molar-refractivity contribution in [2.75, 3.05) is 0 Å². The highest BCUT2D eigenvalue weighted by Gasteiger charge is 2.02. The third-order valence-corrected chi connectivity index (χ3v) is 3.06. The molecule has 0 radical (unpaired) electrons. The van der Waals surface area contributed by atoms with E-state index in [2.05, 4.69) is 30.1 Å². The fourth-order valence-corrected chi connectivity index (χ4v) is 2.06. The van der Waals surface area contributed by atoms with Gasteiger partial charge < -0.3 is 5.11 Å². The van der Waals surface area contributed by atoms with Crippen molar-refractivity contribution in [2.24, 2.45) is 0 Å². The van der Waals surface area contributed by atoms with Gasteiger partial charge in [0, 0.05) is 17.7 Å². The van der Waals surface area contributed by atoms with Crippen molar-refractivity contribution >= 4 is 22.8 Å². The zero-order chi connectivity index (χ0) is 13.7. The second-order valence-electron chi connectivity index (χ2n) is 4.53. The van der Waals surface area contributed by atoms with Crippen LogP contribution in [0.2, 0.25) is 0 Å². The van der Waals surface area contributed by atoms with Crippen molar-refractivity contribution in [3.8, 4) is 0 Å². The minimum absolute atomic E-state index is 0.707. The lowest BCUT2D eigenvalue weighted by atomic mass is 10.0. The molecule has 1 heterocycles. The van der Waals surface area contributed by atoms with Gasteiger partial charge in [0.05, 0.1) is 5.69 Å². The van der Waals surface area contributed by atoms with E-state index in [-0.39, 0.29) is 0 Å². The average Bonchev–Trinajstić information content (AvgIpc) is 2.42. The summed E-state index contributed by atoms with van der Waals surface area (Å²) in [4.78, 5) is 14.9. The molecular formula is C16H17NO2. The molecule has 1 aromatic carbocycles. The smallest absolute Gasteiger partial charge is 0.328 e. The Morgan fingerprint density at radius 1 is 1.37 bits per heavy atom. The highest BCUT2D eigenvalue weighted by molar-refractivity contribution is 5.93. The fourth-order valence-electron chi connectivity index (χ4n) is 2.06. The second-order valence-corrected chi connectivity index (χ2v) is 4.53. The van der Waals surface area contributed by atoms with Crippen LogP contribution in [0.25, 0.3) is 16.8 Å². The summed E-state index contributed by atoms with van der Waals surface area (Å²) in [6, 6.07) is 8.25. The zero-order valence-electron chi connectivity index (χ0n) is 11.0. The summed E-state index contributed by atoms with van der Waals surface area (Å²) in [7, 11) is 0. The molecule has 0 unspecified atom stereocenters. The number of rotatable bonds is 5. The minimum Gasteiger partial charge on any atom is -0.478 e. The van der Waals surface area contributed by atoms with Crippen LogP contribution in [0.5, 0.6) is 0 Å². The Balaban J connectivity index is 2.42. The van der Waals surface area contributed by atoms with Gasteiger partial charge in [0.15, 0.2) is 0 Å². The molecule has 19 heavy (non-hydrogen) atoms. The lowest BCUT2D eigenvalue weighted by molar-refractivity contribution is -0.131. The summed E-state index contributed by atoms with van der Waals surface area (Å²) < 4.78 is 0. The first-order valence-corrected chi connectivity index (χ1v) is 6.49. The molecule has 0 aliphatic heterocycles. The van der Waals surface area contributed by atoms with Gasteiger partial charge in [-0.15, -0.1) is 0 Å². The van der Waals surface area contributed by atoms with Crippen molar-refractivity contribution in [1.82, 2.24) is 4.98 Å². The van der Waals surface area contributed by atoms with E-state index in [0.29, 0.717) is 5.69 Å². The standard InChI is InChI=1S/C16H17NO2/c1-2-3-4-12-5-6-13-9-10-17-15(14(13)11-12)7-8-16(18)19/h5-11H,2-4H2,1H3,(H,18,19)/b8-7+. The molecule has 1 aromatic heterocycles. The van der Waals surface area contributed by atoms with Crippen molar-refractivity contribution in [3.05, 3.63) is 47.8 Å². The topological polar surface area (TPSA) is 50.2 Å². The molecule has 0 bridgehead atoms. The molecule has 1 N–H and O–H groups in total. The monoisotopic (exact) mass is 255 g/mol. The summed E-state index contributed by atoms with van der Waals surface area (Å²) in [5.41, 5.74) is 1.98. The number of hydrogen-bond donors (Lipinski definition) is 1. The predicted molar refractivity (Wildman–Crippen MR) is 77.0 cm³/mol. The molecule has 0 spiro atoms. The van der Waals surface area contributed by atoms with Gasteiger partial charge in [-0.1, -0.05) is 25.5 Å². The molecule has 0 fully saturated rings. The third kappa shape index (κ3) is 3.41. The molecule has 0 saturated carbocycles. The minimum atomic E-state index is -0.957. The van der Waals surface area contributed by atoms with Crippen LogP contribution in [0.3, 0.4) is 0 Å². The lowest BCUT2D eigenvalue weighted by Crippen LogP contribution is -1.90. The number of aryl methyl sites for hydroxylation is 1. The SMILES string of the molecule is CCCCc1ccc2ccnc(/C=C/C(=O)O)c2c1. The van der Waals surface area contributed by atoms with Crippen LogP contribution in [0.4, 0.5) is 0 Å². The molecule has 2 aromatic rings. The van der Waals surface area contributed by atoms with Gasteiger partial charge >= 0.3 is 5.97 Å². The molecule has 0 saturated heterocycles. The number of carboxylic acids is 1. The quantitative estimate of drug-likeness (QED) is 0.829. The number of aromatic nitrogens is 1. The van der Waals surface area contributed by atoms with E-state index in [1.54, 1.807) is 12.3 Å². The number of pyridine rings is 1. The number of hydrogen-bond acceptors (Lipinski definition) is 2. The molecule has 0 aliphatic rings. The van der Waals surface area contributed by atoms with Crippen molar-refractivity contribution < 1.29 is 9.90 Å². The number of aliphatic carboxylic acids is 1. The predicted octanol–water partition coefficient (Wildman–Crippen LogP) is 3.68. The molecule has 0 amide bonds. The van der Waals surface area contributed by atoms with Crippen molar-refractivity contribution in [2.45, 2.75) is 26.2 Å². The Morgan fingerprint density at radius 2 is 2.21 bits per heavy atom. The molecule has 98 valence electrons. The van der Waals surface area contributed by atoms with Crippen LogP contribution in [-0.2, 0) is 11.2 Å². The molecule has 3 heteroatoms. The van der Waals surface area contributed by atoms with Gasteiger partial charge in [-0.05, 0) is 42.0 Å². The van der Waals surface area contributed by atoms with Crippen LogP contribution in [-0.4, -0.2) is 16.1 Å². The van der Waals surface area contributed by atoms with E-state index >= 15 is 0 Å². The maximum absolute atomic E-state index is 10.6. The van der Waals surface area contributed by atoms with E-state index in [9.17, 15) is 4.79 Å². The Bertz CT molecular complexity index is 617. The summed E-state index contributed by atoms with van der Waals surface area (Å²) in [6.45, 7) is 2.17. The van der Waals surface area contributed by atoms with Gasteiger partial charge in [-0.2, -0.15) is 0 Å². The fraction of sp³-hybridized carbons (Fsp3) is 0.250. The third-order valence-electron chi connectivity index (χ3n) is 3.06. The average molecular weight is 255 g/mol. The first-order chi connectivity index (χ1) is 9.20. The van der Waals surface area contributed by atoms with E-state index < -0.39 is 5.97 Å². The first kappa shape index (κ1) is 13.3. The summed E-state index contributed by atoms with van der Waals surface area (Å²) >= 11 is 0. The maximum atomic E-state index is 10.6. The van der Waals surface area contributed by atoms with Crippen LogP contribution >= 0.6 is 0 Å². The molecule has 0 aliphatic carbocycles. The molecule has 0 atom stereocenters. The number of benzene rings is 1. The Hall–Kier alpha value is -2.16. The van der Waals surface area contributed by atoms with Gasteiger partial charge in [0.2, 0.25) is 0 Å². The van der Waals surface area contributed by atoms with Crippen molar-refractivity contribution in [3.63, 3.8) is 0 Å². The van der Waals surface area contributed by atoms with E-state index in [4.69, 9.17) is 5.11 Å². The summed E-state index contributed by atoms with van der Waals surface area (Å²) in [6.07, 6.45) is 7.75. The van der Waals surface area contributed by atoms with Gasteiger partial charge in [0.25, 0.3) is 0 Å². The number of carbonyl (C=O) groups is 1. The number of unbranched alkanes of at least 4 members (excludes halogenated alkanes) is 1. The van der Waals surface area contributed by atoms with Crippen LogP contribution in [0.1, 0.15) is 31.0 Å². The van der Waals surface area contributed by atoms with Crippen LogP contribution < -0.4 is 0 Å². The largest absolute Gasteiger partial charge is 0.478 e. The Morgan fingerprint density at radius 3 is 2.95 bits per heavy atom.